The van der Waals surface area contributed by atoms with Crippen molar-refractivity contribution in [1.82, 2.24) is 15.0 Å². The summed E-state index contributed by atoms with van der Waals surface area (Å²) in [5.74, 6) is 5.20. The number of nitrogen functional groups attached to an aromatic ring is 1. The average Bonchev–Trinajstić information content (AvgIpc) is 2.49. The third-order valence-corrected chi connectivity index (χ3v) is 2.64. The van der Waals surface area contributed by atoms with Gasteiger partial charge in [0.25, 0.3) is 0 Å². The molecule has 1 heterocycles. The van der Waals surface area contributed by atoms with Crippen LogP contribution in [0.4, 0.5) is 22.0 Å². The second kappa shape index (κ2) is 6.80. The third-order valence-electron chi connectivity index (χ3n) is 2.64. The van der Waals surface area contributed by atoms with Crippen molar-refractivity contribution < 1.29 is 9.13 Å². The summed E-state index contributed by atoms with van der Waals surface area (Å²) in [6.07, 6.45) is 0.812. The van der Waals surface area contributed by atoms with Crippen molar-refractivity contribution in [1.29, 1.82) is 0 Å². The summed E-state index contributed by atoms with van der Waals surface area (Å²) in [4.78, 5) is 12.1. The number of halogens is 1. The second-order valence-corrected chi connectivity index (χ2v) is 4.31. The maximum atomic E-state index is 13.8. The summed E-state index contributed by atoms with van der Waals surface area (Å²) in [5, 5.41) is 2.82. The van der Waals surface area contributed by atoms with Gasteiger partial charge in [-0.25, -0.2) is 10.2 Å². The van der Waals surface area contributed by atoms with Crippen molar-refractivity contribution in [2.75, 3.05) is 17.3 Å². The summed E-state index contributed by atoms with van der Waals surface area (Å²) in [5.41, 5.74) is 3.35. The van der Waals surface area contributed by atoms with E-state index in [-0.39, 0.29) is 17.9 Å². The van der Waals surface area contributed by atoms with E-state index in [1.807, 2.05) is 6.92 Å². The summed E-state index contributed by atoms with van der Waals surface area (Å²) in [6, 6.07) is 4.89. The zero-order valence-corrected chi connectivity index (χ0v) is 11.9. The lowest BCUT2D eigenvalue weighted by Crippen LogP contribution is -2.14. The largest absolute Gasteiger partial charge is 0.463 e. The molecule has 0 aliphatic rings. The Labute approximate surface area is 121 Å². The lowest BCUT2D eigenvalue weighted by Gasteiger charge is -2.11. The Kier molecular flexibility index (Phi) is 4.83. The molecule has 2 aromatic rings. The number of hydrogen-bond donors (Lipinski definition) is 3. The van der Waals surface area contributed by atoms with E-state index in [0.717, 1.165) is 12.0 Å². The van der Waals surface area contributed by atoms with Crippen LogP contribution in [0.5, 0.6) is 6.01 Å². The van der Waals surface area contributed by atoms with Crippen molar-refractivity contribution in [2.45, 2.75) is 20.3 Å². The molecule has 0 amide bonds. The Bertz CT molecular complexity index is 601. The second-order valence-electron chi connectivity index (χ2n) is 4.31. The van der Waals surface area contributed by atoms with Crippen molar-refractivity contribution in [3.8, 4) is 6.01 Å². The third kappa shape index (κ3) is 3.76. The van der Waals surface area contributed by atoms with Crippen molar-refractivity contribution in [2.24, 2.45) is 5.84 Å². The smallest absolute Gasteiger partial charge is 0.323 e. The van der Waals surface area contributed by atoms with E-state index in [2.05, 4.69) is 25.7 Å². The minimum absolute atomic E-state index is 0.122. The number of benzene rings is 1. The van der Waals surface area contributed by atoms with E-state index < -0.39 is 5.82 Å². The molecule has 0 saturated carbocycles. The lowest BCUT2D eigenvalue weighted by atomic mass is 10.2. The molecule has 0 aliphatic carbocycles. The summed E-state index contributed by atoms with van der Waals surface area (Å²) in [7, 11) is 0. The summed E-state index contributed by atoms with van der Waals surface area (Å²) in [6.45, 7) is 4.21. The molecule has 0 aliphatic heterocycles. The SMILES string of the molecule is CCCOc1nc(NN)nc(Nc2c(C)cccc2F)n1. The van der Waals surface area contributed by atoms with Gasteiger partial charge in [-0.3, -0.25) is 5.43 Å². The Morgan fingerprint density at radius 1 is 1.24 bits per heavy atom. The minimum atomic E-state index is -0.395. The molecule has 112 valence electrons. The van der Waals surface area contributed by atoms with Gasteiger partial charge in [0.05, 0.1) is 12.3 Å². The molecule has 0 radical (unpaired) electrons. The maximum Gasteiger partial charge on any atom is 0.323 e. The number of para-hydroxylation sites is 1. The molecule has 4 N–H and O–H groups in total. The number of rotatable bonds is 6. The predicted molar refractivity (Wildman–Crippen MR) is 77.8 cm³/mol. The van der Waals surface area contributed by atoms with Crippen LogP contribution in [-0.4, -0.2) is 21.6 Å². The first-order valence-corrected chi connectivity index (χ1v) is 6.51. The lowest BCUT2D eigenvalue weighted by molar-refractivity contribution is 0.292. The van der Waals surface area contributed by atoms with Crippen LogP contribution in [0.2, 0.25) is 0 Å². The molecule has 0 bridgehead atoms. The van der Waals surface area contributed by atoms with Crippen molar-refractivity contribution in [3.05, 3.63) is 29.6 Å². The topological polar surface area (TPSA) is 98.0 Å². The quantitative estimate of drug-likeness (QED) is 0.554. The van der Waals surface area contributed by atoms with Crippen molar-refractivity contribution in [3.63, 3.8) is 0 Å². The number of hydrogen-bond acceptors (Lipinski definition) is 7. The fourth-order valence-corrected chi connectivity index (χ4v) is 1.64. The highest BCUT2D eigenvalue weighted by molar-refractivity contribution is 5.59. The first-order chi connectivity index (χ1) is 10.1. The maximum absolute atomic E-state index is 13.8. The van der Waals surface area contributed by atoms with Gasteiger partial charge in [0.1, 0.15) is 5.82 Å². The van der Waals surface area contributed by atoms with Crippen LogP contribution >= 0.6 is 0 Å². The van der Waals surface area contributed by atoms with E-state index >= 15 is 0 Å². The molecule has 0 atom stereocenters. The van der Waals surface area contributed by atoms with E-state index in [0.29, 0.717) is 12.3 Å². The van der Waals surface area contributed by atoms with Gasteiger partial charge in [0, 0.05) is 0 Å². The molecule has 0 unspecified atom stereocenters. The first kappa shape index (κ1) is 14.9. The standard InChI is InChI=1S/C13H17FN6O/c1-3-7-21-13-18-11(17-12(19-13)20-15)16-10-8(2)5-4-6-9(10)14/h4-6H,3,7,15H2,1-2H3,(H2,16,17,18,19,20). The predicted octanol–water partition coefficient (Wildman–Crippen LogP) is 2.14. The van der Waals surface area contributed by atoms with Gasteiger partial charge in [0.15, 0.2) is 0 Å². The molecule has 7 nitrogen and oxygen atoms in total. The number of nitrogens with zero attached hydrogens (tertiary/aromatic N) is 3. The van der Waals surface area contributed by atoms with Gasteiger partial charge in [0.2, 0.25) is 11.9 Å². The van der Waals surface area contributed by atoms with Gasteiger partial charge in [-0.1, -0.05) is 19.1 Å². The van der Waals surface area contributed by atoms with Gasteiger partial charge in [-0.2, -0.15) is 15.0 Å². The van der Waals surface area contributed by atoms with Crippen LogP contribution in [0.25, 0.3) is 0 Å². The Balaban J connectivity index is 2.30. The molecular formula is C13H17FN6O. The molecule has 1 aromatic heterocycles. The van der Waals surface area contributed by atoms with Crippen LogP contribution in [0, 0.1) is 12.7 Å². The number of nitrogens with one attached hydrogen (secondary N) is 2. The minimum Gasteiger partial charge on any atom is -0.463 e. The van der Waals surface area contributed by atoms with E-state index in [9.17, 15) is 4.39 Å². The van der Waals surface area contributed by atoms with Crippen LogP contribution < -0.4 is 21.3 Å². The number of aromatic nitrogens is 3. The van der Waals surface area contributed by atoms with Crippen LogP contribution in [0.3, 0.4) is 0 Å². The van der Waals surface area contributed by atoms with Gasteiger partial charge in [-0.05, 0) is 25.0 Å². The fourth-order valence-electron chi connectivity index (χ4n) is 1.64. The van der Waals surface area contributed by atoms with Crippen LogP contribution in [0.15, 0.2) is 18.2 Å². The summed E-state index contributed by atoms with van der Waals surface area (Å²) >= 11 is 0. The van der Waals surface area contributed by atoms with Crippen LogP contribution in [0.1, 0.15) is 18.9 Å². The average molecular weight is 292 g/mol. The zero-order valence-electron chi connectivity index (χ0n) is 11.9. The molecule has 1 aromatic carbocycles. The molecule has 2 rings (SSSR count). The normalized spacial score (nSPS) is 10.3. The molecule has 0 saturated heterocycles. The van der Waals surface area contributed by atoms with E-state index in [1.54, 1.807) is 19.1 Å². The molecule has 0 fully saturated rings. The van der Waals surface area contributed by atoms with Gasteiger partial charge >= 0.3 is 6.01 Å². The highest BCUT2D eigenvalue weighted by atomic mass is 19.1. The van der Waals surface area contributed by atoms with E-state index in [1.165, 1.54) is 6.07 Å². The highest BCUT2D eigenvalue weighted by Crippen LogP contribution is 2.23. The number of hydrazine groups is 1. The number of aryl methyl sites for hydroxylation is 1. The Morgan fingerprint density at radius 3 is 2.67 bits per heavy atom. The molecule has 8 heteroatoms. The number of ether oxygens (including phenoxy) is 1. The summed E-state index contributed by atoms with van der Waals surface area (Å²) < 4.78 is 19.2. The number of nitrogens with two attached hydrogens (primary N) is 1. The zero-order chi connectivity index (χ0) is 15.2. The van der Waals surface area contributed by atoms with Gasteiger partial charge in [-0.15, -0.1) is 0 Å². The molecular weight excluding hydrogens is 275 g/mol. The van der Waals surface area contributed by atoms with Crippen LogP contribution in [-0.2, 0) is 0 Å². The molecule has 21 heavy (non-hydrogen) atoms. The Hall–Kier alpha value is -2.48. The number of anilines is 3. The van der Waals surface area contributed by atoms with Crippen molar-refractivity contribution >= 4 is 17.6 Å². The highest BCUT2D eigenvalue weighted by Gasteiger charge is 2.11. The fraction of sp³-hybridized carbons (Fsp3) is 0.308. The van der Waals surface area contributed by atoms with E-state index in [4.69, 9.17) is 10.6 Å². The Morgan fingerprint density at radius 2 is 2.00 bits per heavy atom. The van der Waals surface area contributed by atoms with Gasteiger partial charge < -0.3 is 10.1 Å². The first-order valence-electron chi connectivity index (χ1n) is 6.51. The monoisotopic (exact) mass is 292 g/mol. The molecule has 0 spiro atoms.